The molecule has 0 heterocycles. The molecule has 0 aromatic heterocycles. The van der Waals surface area contributed by atoms with Crippen molar-refractivity contribution in [1.82, 2.24) is 0 Å². The fourth-order valence-electron chi connectivity index (χ4n) is 3.61. The van der Waals surface area contributed by atoms with Crippen LogP contribution in [0.3, 0.4) is 0 Å². The predicted octanol–water partition coefficient (Wildman–Crippen LogP) is 7.87. The summed E-state index contributed by atoms with van der Waals surface area (Å²) in [5.74, 6) is -5.92. The highest BCUT2D eigenvalue weighted by Gasteiger charge is 2.44. The first kappa shape index (κ1) is 27.9. The molecule has 1 atom stereocenters. The van der Waals surface area contributed by atoms with Gasteiger partial charge in [-0.2, -0.15) is 0 Å². The number of rotatable bonds is 18. The largest absolute Gasteiger partial charge is 0.327 e. The highest BCUT2D eigenvalue weighted by molar-refractivity contribution is 5.24. The van der Waals surface area contributed by atoms with Gasteiger partial charge in [-0.15, -0.1) is 0 Å². The highest BCUT2D eigenvalue weighted by atomic mass is 19.2. The lowest BCUT2D eigenvalue weighted by Crippen LogP contribution is -2.46. The summed E-state index contributed by atoms with van der Waals surface area (Å²) in [5, 5.41) is 0. The first-order valence-electron chi connectivity index (χ1n) is 12.0. The minimum Gasteiger partial charge on any atom is -0.327 e. The summed E-state index contributed by atoms with van der Waals surface area (Å²) in [4.78, 5) is 0. The lowest BCUT2D eigenvalue weighted by Gasteiger charge is -2.40. The van der Waals surface area contributed by atoms with Crippen molar-refractivity contribution in [1.29, 1.82) is 0 Å². The molecule has 0 aliphatic heterocycles. The minimum absolute atomic E-state index is 0.299. The molecule has 0 fully saturated rings. The molecule has 1 aromatic carbocycles. The normalized spacial score (nSPS) is 13.0. The topological polar surface area (TPSA) is 27.7 Å². The van der Waals surface area contributed by atoms with E-state index in [1.807, 2.05) is 20.8 Å². The molecule has 0 aliphatic rings. The molecule has 0 bridgehead atoms. The van der Waals surface area contributed by atoms with Crippen molar-refractivity contribution in [3.63, 3.8) is 0 Å². The van der Waals surface area contributed by atoms with E-state index in [0.717, 1.165) is 57.1 Å². The summed E-state index contributed by atoms with van der Waals surface area (Å²) in [6.45, 7) is 9.24. The van der Waals surface area contributed by atoms with Gasteiger partial charge in [0, 0.05) is 0 Å². The Labute approximate surface area is 186 Å². The summed E-state index contributed by atoms with van der Waals surface area (Å²) in [6.07, 6.45) is 9.23. The Kier molecular flexibility index (Phi) is 14.1. The lowest BCUT2D eigenvalue weighted by atomic mass is 9.89. The number of unbranched alkanes of at least 4 members (excludes halogenated alkanes) is 5. The van der Waals surface area contributed by atoms with E-state index in [4.69, 9.17) is 14.2 Å². The maximum absolute atomic E-state index is 14.1. The van der Waals surface area contributed by atoms with Gasteiger partial charge in [-0.25, -0.2) is 13.2 Å². The zero-order valence-corrected chi connectivity index (χ0v) is 19.8. The molecule has 180 valence electrons. The van der Waals surface area contributed by atoms with Crippen LogP contribution in [0, 0.1) is 17.5 Å². The van der Waals surface area contributed by atoms with E-state index >= 15 is 0 Å². The molecule has 0 saturated carbocycles. The van der Waals surface area contributed by atoms with Crippen molar-refractivity contribution >= 4 is 0 Å². The van der Waals surface area contributed by atoms with E-state index in [1.54, 1.807) is 0 Å². The predicted molar refractivity (Wildman–Crippen MR) is 119 cm³/mol. The van der Waals surface area contributed by atoms with Gasteiger partial charge in [-0.3, -0.25) is 0 Å². The molecule has 1 aromatic rings. The Bertz CT molecular complexity index is 565. The third-order valence-corrected chi connectivity index (χ3v) is 5.20. The van der Waals surface area contributed by atoms with E-state index < -0.39 is 29.3 Å². The summed E-state index contributed by atoms with van der Waals surface area (Å²) < 4.78 is 60.3. The van der Waals surface area contributed by atoms with Gasteiger partial charge in [0.1, 0.15) is 0 Å². The molecule has 1 unspecified atom stereocenters. The van der Waals surface area contributed by atoms with Gasteiger partial charge in [-0.05, 0) is 43.4 Å². The third kappa shape index (κ3) is 9.11. The van der Waals surface area contributed by atoms with Gasteiger partial charge < -0.3 is 14.2 Å². The van der Waals surface area contributed by atoms with Gasteiger partial charge >= 0.3 is 0 Å². The van der Waals surface area contributed by atoms with Crippen molar-refractivity contribution in [3.8, 4) is 0 Å². The molecule has 0 N–H and O–H groups in total. The van der Waals surface area contributed by atoms with Crippen LogP contribution in [0.15, 0.2) is 12.1 Å². The average molecular weight is 447 g/mol. The zero-order valence-electron chi connectivity index (χ0n) is 19.8. The second-order valence-corrected chi connectivity index (χ2v) is 8.06. The van der Waals surface area contributed by atoms with Crippen LogP contribution in [-0.2, 0) is 14.2 Å². The second-order valence-electron chi connectivity index (χ2n) is 8.06. The van der Waals surface area contributed by atoms with Crippen molar-refractivity contribution in [3.05, 3.63) is 35.1 Å². The third-order valence-electron chi connectivity index (χ3n) is 5.20. The smallest absolute Gasteiger partial charge is 0.290 e. The second kappa shape index (κ2) is 15.7. The number of ether oxygens (including phenoxy) is 3. The molecule has 6 heteroatoms. The highest BCUT2D eigenvalue weighted by Crippen LogP contribution is 2.40. The first-order valence-corrected chi connectivity index (χ1v) is 12.0. The van der Waals surface area contributed by atoms with Crippen molar-refractivity contribution in [2.45, 2.75) is 104 Å². The monoisotopic (exact) mass is 446 g/mol. The van der Waals surface area contributed by atoms with E-state index in [2.05, 4.69) is 6.92 Å². The summed E-state index contributed by atoms with van der Waals surface area (Å²) in [7, 11) is 0. The van der Waals surface area contributed by atoms with E-state index in [1.165, 1.54) is 12.8 Å². The Morgan fingerprint density at radius 1 is 0.677 bits per heavy atom. The van der Waals surface area contributed by atoms with Crippen LogP contribution in [-0.4, -0.2) is 25.8 Å². The molecule has 0 aliphatic carbocycles. The maximum atomic E-state index is 14.1. The summed E-state index contributed by atoms with van der Waals surface area (Å²) in [6, 6.07) is 2.10. The van der Waals surface area contributed by atoms with Crippen LogP contribution in [0.2, 0.25) is 0 Å². The Hall–Kier alpha value is -1.11. The number of benzene rings is 1. The van der Waals surface area contributed by atoms with Crippen LogP contribution in [0.4, 0.5) is 13.2 Å². The van der Waals surface area contributed by atoms with Crippen LogP contribution < -0.4 is 0 Å². The quantitative estimate of drug-likeness (QED) is 0.130. The van der Waals surface area contributed by atoms with Crippen LogP contribution in [0.25, 0.3) is 0 Å². The Balaban J connectivity index is 3.27. The molecule has 0 spiro atoms. The van der Waals surface area contributed by atoms with E-state index in [0.29, 0.717) is 31.8 Å². The summed E-state index contributed by atoms with van der Waals surface area (Å²) in [5.41, 5.74) is 0.299. The SMILES string of the molecule is CCCCCCCCC(c1cc(F)c(F)c(F)c1)C(OCCC)(OCCC)OCCC. The van der Waals surface area contributed by atoms with Gasteiger partial charge in [0.25, 0.3) is 5.97 Å². The van der Waals surface area contributed by atoms with Gasteiger partial charge in [0.05, 0.1) is 25.7 Å². The minimum atomic E-state index is -1.47. The van der Waals surface area contributed by atoms with Crippen molar-refractivity contribution in [2.75, 3.05) is 19.8 Å². The molecule has 0 saturated heterocycles. The van der Waals surface area contributed by atoms with Gasteiger partial charge in [-0.1, -0.05) is 66.2 Å². The number of hydrogen-bond acceptors (Lipinski definition) is 3. The molecular formula is C25H41F3O3. The molecule has 1 rings (SSSR count). The standard InChI is InChI=1S/C25H41F3O3/c1-5-9-10-11-12-13-14-21(20-18-22(26)24(28)23(27)19-20)25(29-15-6-2,30-16-7-3)31-17-8-4/h18-19,21H,5-17H2,1-4H3. The fraction of sp³-hybridized carbons (Fsp3) is 0.760. The van der Waals surface area contributed by atoms with E-state index in [-0.39, 0.29) is 0 Å². The molecular weight excluding hydrogens is 405 g/mol. The molecule has 0 amide bonds. The lowest BCUT2D eigenvalue weighted by molar-refractivity contribution is -0.392. The number of hydrogen-bond donors (Lipinski definition) is 0. The van der Waals surface area contributed by atoms with Crippen molar-refractivity contribution < 1.29 is 27.4 Å². The van der Waals surface area contributed by atoms with Crippen LogP contribution >= 0.6 is 0 Å². The number of halogens is 3. The molecule has 0 radical (unpaired) electrons. The fourth-order valence-corrected chi connectivity index (χ4v) is 3.61. The van der Waals surface area contributed by atoms with Crippen molar-refractivity contribution in [2.24, 2.45) is 0 Å². The Morgan fingerprint density at radius 2 is 1.13 bits per heavy atom. The first-order chi connectivity index (χ1) is 15.0. The van der Waals surface area contributed by atoms with E-state index in [9.17, 15) is 13.2 Å². The zero-order chi connectivity index (χ0) is 23.1. The van der Waals surface area contributed by atoms with Gasteiger partial charge in [0.15, 0.2) is 17.5 Å². The van der Waals surface area contributed by atoms with Gasteiger partial charge in [0.2, 0.25) is 0 Å². The maximum Gasteiger partial charge on any atom is 0.290 e. The van der Waals surface area contributed by atoms with Crippen LogP contribution in [0.1, 0.15) is 103 Å². The summed E-state index contributed by atoms with van der Waals surface area (Å²) >= 11 is 0. The Morgan fingerprint density at radius 3 is 1.58 bits per heavy atom. The average Bonchev–Trinajstić information content (AvgIpc) is 2.77. The molecule has 3 nitrogen and oxygen atoms in total. The molecule has 31 heavy (non-hydrogen) atoms. The van der Waals surface area contributed by atoms with Crippen LogP contribution in [0.5, 0.6) is 0 Å².